The van der Waals surface area contributed by atoms with Crippen LogP contribution in [0.15, 0.2) is 12.3 Å². The molecular formula is C17H23ClF2N4O7P2. The number of imidazole rings is 1. The Labute approximate surface area is 192 Å². The van der Waals surface area contributed by atoms with Gasteiger partial charge in [0.25, 0.3) is 5.92 Å². The zero-order valence-corrected chi connectivity index (χ0v) is 19.8. The van der Waals surface area contributed by atoms with Gasteiger partial charge in [-0.05, 0) is 12.8 Å². The lowest BCUT2D eigenvalue weighted by Gasteiger charge is -2.33. The van der Waals surface area contributed by atoms with Crippen molar-refractivity contribution in [2.45, 2.75) is 43.8 Å². The monoisotopic (exact) mass is 530 g/mol. The van der Waals surface area contributed by atoms with Gasteiger partial charge in [0, 0.05) is 32.0 Å². The fourth-order valence-corrected chi connectivity index (χ4v) is 6.75. The molecule has 0 spiro atoms. The molecule has 2 aromatic rings. The third-order valence-electron chi connectivity index (χ3n) is 5.54. The number of nitrogens with zero attached hydrogens (tertiary/aromatic N) is 4. The molecule has 33 heavy (non-hydrogen) atoms. The van der Waals surface area contributed by atoms with Crippen molar-refractivity contribution in [3.8, 4) is 0 Å². The van der Waals surface area contributed by atoms with Crippen LogP contribution in [0.1, 0.15) is 37.5 Å². The third-order valence-corrected chi connectivity index (χ3v) is 9.18. The topological polar surface area (TPSA) is 147 Å². The van der Waals surface area contributed by atoms with Gasteiger partial charge in [0.05, 0.1) is 30.3 Å². The van der Waals surface area contributed by atoms with E-state index in [0.717, 1.165) is 0 Å². The minimum absolute atomic E-state index is 0.153. The maximum absolute atomic E-state index is 13.6. The molecule has 2 aliphatic rings. The van der Waals surface area contributed by atoms with E-state index < -0.39 is 39.2 Å². The Balaban J connectivity index is 1.47. The molecule has 2 saturated heterocycles. The van der Waals surface area contributed by atoms with Crippen molar-refractivity contribution in [2.24, 2.45) is 0 Å². The second kappa shape index (κ2) is 9.13. The van der Waals surface area contributed by atoms with Crippen LogP contribution in [-0.2, 0) is 18.4 Å². The molecule has 0 radical (unpaired) electrons. The fourth-order valence-electron chi connectivity index (χ4n) is 3.99. The van der Waals surface area contributed by atoms with Gasteiger partial charge in [-0.25, -0.2) is 18.3 Å². The van der Waals surface area contributed by atoms with E-state index >= 15 is 0 Å². The summed E-state index contributed by atoms with van der Waals surface area (Å²) in [5, 5.41) is 4.44. The molecule has 4 rings (SSSR count). The van der Waals surface area contributed by atoms with E-state index in [0.29, 0.717) is 29.9 Å². The van der Waals surface area contributed by atoms with Crippen LogP contribution in [-0.4, -0.2) is 66.9 Å². The number of hydrogen-bond donors (Lipinski definition) is 3. The summed E-state index contributed by atoms with van der Waals surface area (Å²) in [5.74, 6) is -3.96. The predicted octanol–water partition coefficient (Wildman–Crippen LogP) is 3.18. The number of fused-ring (bicyclic) bond motifs is 1. The quantitative estimate of drug-likeness (QED) is 0.456. The first-order chi connectivity index (χ1) is 15.3. The first-order valence-electron chi connectivity index (χ1n) is 10.2. The van der Waals surface area contributed by atoms with E-state index in [1.165, 1.54) is 4.52 Å². The van der Waals surface area contributed by atoms with Gasteiger partial charge in [-0.2, -0.15) is 5.10 Å². The lowest BCUT2D eigenvalue weighted by molar-refractivity contribution is -0.0220. The summed E-state index contributed by atoms with van der Waals surface area (Å²) in [6.07, 6.45) is 0.920. The van der Waals surface area contributed by atoms with Crippen LogP contribution >= 0.6 is 26.8 Å². The van der Waals surface area contributed by atoms with Gasteiger partial charge in [-0.1, -0.05) is 11.6 Å². The van der Waals surface area contributed by atoms with E-state index in [4.69, 9.17) is 30.6 Å². The average Bonchev–Trinajstić information content (AvgIpc) is 3.30. The molecule has 0 aliphatic carbocycles. The zero-order chi connectivity index (χ0) is 24.0. The molecule has 3 N–H and O–H groups in total. The molecule has 0 bridgehead atoms. The van der Waals surface area contributed by atoms with Crippen molar-refractivity contribution < 1.29 is 41.9 Å². The molecule has 11 nitrogen and oxygen atoms in total. The molecule has 2 fully saturated rings. The Morgan fingerprint density at radius 2 is 1.94 bits per heavy atom. The molecular weight excluding hydrogens is 508 g/mol. The van der Waals surface area contributed by atoms with Crippen LogP contribution in [0.2, 0.25) is 5.15 Å². The number of halogens is 3. The normalized spacial score (nSPS) is 25.5. The lowest BCUT2D eigenvalue weighted by Crippen LogP contribution is -2.39. The minimum atomic E-state index is -4.71. The van der Waals surface area contributed by atoms with Crippen molar-refractivity contribution in [1.29, 1.82) is 0 Å². The largest absolute Gasteiger partial charge is 0.368 e. The van der Waals surface area contributed by atoms with Crippen molar-refractivity contribution >= 4 is 38.1 Å². The van der Waals surface area contributed by atoms with Crippen LogP contribution in [0.25, 0.3) is 5.65 Å². The number of piperidine rings is 1. The Morgan fingerprint density at radius 3 is 2.61 bits per heavy atom. The van der Waals surface area contributed by atoms with E-state index in [9.17, 15) is 22.8 Å². The van der Waals surface area contributed by atoms with Gasteiger partial charge < -0.3 is 28.8 Å². The van der Waals surface area contributed by atoms with E-state index in [1.54, 1.807) is 17.2 Å². The molecule has 2 aromatic heterocycles. The van der Waals surface area contributed by atoms with Crippen LogP contribution in [0.4, 0.5) is 14.5 Å². The van der Waals surface area contributed by atoms with Gasteiger partial charge in [0.1, 0.15) is 6.10 Å². The number of anilines is 1. The maximum atomic E-state index is 13.6. The fraction of sp³-hybridized carbons (Fsp3) is 0.647. The maximum Gasteiger partial charge on any atom is 0.340 e. The van der Waals surface area contributed by atoms with Crippen LogP contribution in [0, 0.1) is 0 Å². The van der Waals surface area contributed by atoms with Gasteiger partial charge in [-0.15, -0.1) is 0 Å². The second-order valence-corrected chi connectivity index (χ2v) is 12.6. The van der Waals surface area contributed by atoms with Crippen LogP contribution < -0.4 is 4.90 Å². The lowest BCUT2D eigenvalue weighted by atomic mass is 10.1. The number of aromatic nitrogens is 3. The molecule has 2 unspecified atom stereocenters. The van der Waals surface area contributed by atoms with Gasteiger partial charge in [0.2, 0.25) is 0 Å². The zero-order valence-electron chi connectivity index (χ0n) is 17.3. The van der Waals surface area contributed by atoms with Crippen molar-refractivity contribution in [3.63, 3.8) is 0 Å². The summed E-state index contributed by atoms with van der Waals surface area (Å²) >= 11 is 6.20. The Morgan fingerprint density at radius 1 is 1.24 bits per heavy atom. The van der Waals surface area contributed by atoms with Gasteiger partial charge in [0.15, 0.2) is 16.7 Å². The number of rotatable bonds is 7. The Kier molecular flexibility index (Phi) is 6.90. The van der Waals surface area contributed by atoms with Crippen LogP contribution in [0.5, 0.6) is 0 Å². The predicted molar refractivity (Wildman–Crippen MR) is 114 cm³/mol. The molecule has 16 heteroatoms. The van der Waals surface area contributed by atoms with E-state index in [2.05, 4.69) is 10.1 Å². The average molecular weight is 531 g/mol. The third kappa shape index (κ3) is 6.10. The van der Waals surface area contributed by atoms with E-state index in [1.807, 2.05) is 0 Å². The molecule has 0 amide bonds. The van der Waals surface area contributed by atoms with Crippen molar-refractivity contribution in [2.75, 3.05) is 30.5 Å². The molecule has 0 saturated carbocycles. The summed E-state index contributed by atoms with van der Waals surface area (Å²) in [7, 11) is -9.19. The van der Waals surface area contributed by atoms with Gasteiger partial charge in [-0.3, -0.25) is 9.13 Å². The molecule has 184 valence electrons. The summed E-state index contributed by atoms with van der Waals surface area (Å²) < 4.78 is 62.2. The highest BCUT2D eigenvalue weighted by Crippen LogP contribution is 2.55. The summed E-state index contributed by atoms with van der Waals surface area (Å²) in [5.41, 5.74) is 1.61. The van der Waals surface area contributed by atoms with Crippen molar-refractivity contribution in [3.05, 3.63) is 23.1 Å². The highest BCUT2D eigenvalue weighted by atomic mass is 35.5. The first kappa shape index (κ1) is 24.9. The SMILES string of the molecule is O=P(O)(O)CP(=O)(O)OC[C@@H]1CCC(c2cnc3c(N4CCC(F)(F)CC4)cc(Cl)nn23)O1. The number of alkyl halides is 2. The highest BCUT2D eigenvalue weighted by molar-refractivity contribution is 7.70. The minimum Gasteiger partial charge on any atom is -0.368 e. The molecule has 4 heterocycles. The van der Waals surface area contributed by atoms with Gasteiger partial charge >= 0.3 is 15.2 Å². The molecule has 2 aliphatic heterocycles. The number of hydrogen-bond acceptors (Lipinski definition) is 7. The Hall–Kier alpha value is -1.17. The standard InChI is InChI=1S/C17H23ClF2N4O7P2/c18-15-7-12(23-5-3-17(19,20)4-6-23)16-21-8-13(24(16)22-15)14-2-1-11(31-14)9-30-33(28,29)10-32(25,26)27/h7-8,11,14H,1-6,9-10H2,(H,28,29)(H2,25,26,27)/t11-,14?/m0/s1. The first-order valence-corrected chi connectivity index (χ1v) is 14.1. The summed E-state index contributed by atoms with van der Waals surface area (Å²) in [4.78, 5) is 33.6. The van der Waals surface area contributed by atoms with E-state index in [-0.39, 0.29) is 37.7 Å². The molecule has 3 atom stereocenters. The van der Waals surface area contributed by atoms with Crippen molar-refractivity contribution in [1.82, 2.24) is 14.6 Å². The summed E-state index contributed by atoms with van der Waals surface area (Å²) in [6, 6.07) is 1.59. The number of ether oxygens (including phenoxy) is 1. The second-order valence-electron chi connectivity index (χ2n) is 8.18. The summed E-state index contributed by atoms with van der Waals surface area (Å²) in [6.45, 7) is -0.0107. The molecule has 0 aromatic carbocycles. The smallest absolute Gasteiger partial charge is 0.340 e. The van der Waals surface area contributed by atoms with Crippen LogP contribution in [0.3, 0.4) is 0 Å². The highest BCUT2D eigenvalue weighted by Gasteiger charge is 2.37. The Bertz CT molecular complexity index is 1120.